The summed E-state index contributed by atoms with van der Waals surface area (Å²) in [6.45, 7) is 0. The van der Waals surface area contributed by atoms with Crippen LogP contribution in [0.25, 0.3) is 22.4 Å². The fraction of sp³-hybridized carbons (Fsp3) is 0.316. The molecule has 2 nitrogen and oxygen atoms in total. The molecule has 0 N–H and O–H groups in total. The third-order valence-electron chi connectivity index (χ3n) is 4.64. The Bertz CT molecular complexity index is 783. The monoisotopic (exact) mass is 310 g/mol. The van der Waals surface area contributed by atoms with Crippen LogP contribution in [0.2, 0.25) is 5.02 Å². The van der Waals surface area contributed by atoms with Crippen LogP contribution in [0.15, 0.2) is 48.5 Å². The Morgan fingerprint density at radius 3 is 2.41 bits per heavy atom. The van der Waals surface area contributed by atoms with Gasteiger partial charge in [-0.3, -0.25) is 0 Å². The molecule has 112 valence electrons. The largest absolute Gasteiger partial charge is 0.321 e. The van der Waals surface area contributed by atoms with E-state index in [4.69, 9.17) is 16.6 Å². The average Bonchev–Trinajstić information content (AvgIpc) is 2.96. The van der Waals surface area contributed by atoms with Crippen molar-refractivity contribution < 1.29 is 0 Å². The van der Waals surface area contributed by atoms with Crippen molar-refractivity contribution in [3.05, 3.63) is 53.6 Å². The predicted octanol–water partition coefficient (Wildman–Crippen LogP) is 5.86. The van der Waals surface area contributed by atoms with Crippen molar-refractivity contribution in [1.29, 1.82) is 0 Å². The number of nitrogens with zero attached hydrogens (tertiary/aromatic N) is 2. The summed E-state index contributed by atoms with van der Waals surface area (Å²) in [7, 11) is 0. The van der Waals surface area contributed by atoms with Crippen LogP contribution in [0.4, 0.5) is 0 Å². The molecule has 0 amide bonds. The molecule has 0 unspecified atom stereocenters. The number of fused-ring (bicyclic) bond motifs is 1. The zero-order chi connectivity index (χ0) is 14.9. The van der Waals surface area contributed by atoms with Crippen LogP contribution in [0.1, 0.15) is 38.1 Å². The minimum atomic E-state index is 0.562. The first-order chi connectivity index (χ1) is 10.8. The lowest BCUT2D eigenvalue weighted by Gasteiger charge is -2.25. The summed E-state index contributed by atoms with van der Waals surface area (Å²) in [5, 5.41) is 0.768. The van der Waals surface area contributed by atoms with Crippen molar-refractivity contribution >= 4 is 22.6 Å². The van der Waals surface area contributed by atoms with Gasteiger partial charge in [-0.15, -0.1) is 0 Å². The van der Waals surface area contributed by atoms with Gasteiger partial charge in [0.1, 0.15) is 5.82 Å². The standard InChI is InChI=1S/C19H19ClN2/c20-15-12-10-14(11-13-15)19-21-17-8-4-5-9-18(17)22(19)16-6-2-1-3-7-16/h4-5,8-13,16H,1-3,6-7H2. The second-order valence-electron chi connectivity index (χ2n) is 6.09. The van der Waals surface area contributed by atoms with E-state index in [9.17, 15) is 0 Å². The highest BCUT2D eigenvalue weighted by molar-refractivity contribution is 6.30. The molecule has 1 aromatic heterocycles. The van der Waals surface area contributed by atoms with Crippen molar-refractivity contribution in [3.63, 3.8) is 0 Å². The smallest absolute Gasteiger partial charge is 0.141 e. The molecule has 0 bridgehead atoms. The molecule has 1 aliphatic rings. The number of hydrogen-bond donors (Lipinski definition) is 0. The molecule has 1 fully saturated rings. The van der Waals surface area contributed by atoms with Crippen LogP contribution >= 0.6 is 11.6 Å². The lowest BCUT2D eigenvalue weighted by Crippen LogP contribution is -2.13. The van der Waals surface area contributed by atoms with Crippen LogP contribution in [0.3, 0.4) is 0 Å². The summed E-state index contributed by atoms with van der Waals surface area (Å²) >= 11 is 6.04. The zero-order valence-corrected chi connectivity index (χ0v) is 13.3. The molecular formula is C19H19ClN2. The van der Waals surface area contributed by atoms with Gasteiger partial charge in [0.15, 0.2) is 0 Å². The number of imidazole rings is 1. The van der Waals surface area contributed by atoms with Gasteiger partial charge < -0.3 is 4.57 Å². The highest BCUT2D eigenvalue weighted by Crippen LogP contribution is 2.35. The summed E-state index contributed by atoms with van der Waals surface area (Å²) in [5.41, 5.74) is 3.48. The Kier molecular flexibility index (Phi) is 3.63. The predicted molar refractivity (Wildman–Crippen MR) is 92.3 cm³/mol. The van der Waals surface area contributed by atoms with E-state index in [1.54, 1.807) is 0 Å². The number of halogens is 1. The summed E-state index contributed by atoms with van der Waals surface area (Å²) < 4.78 is 2.46. The maximum Gasteiger partial charge on any atom is 0.141 e. The molecule has 4 rings (SSSR count). The second-order valence-corrected chi connectivity index (χ2v) is 6.53. The Balaban J connectivity index is 1.90. The van der Waals surface area contributed by atoms with E-state index in [-0.39, 0.29) is 0 Å². The third kappa shape index (κ3) is 2.42. The molecule has 0 saturated heterocycles. The molecule has 3 aromatic rings. The second kappa shape index (κ2) is 5.77. The van der Waals surface area contributed by atoms with E-state index in [1.807, 2.05) is 12.1 Å². The highest BCUT2D eigenvalue weighted by atomic mass is 35.5. The van der Waals surface area contributed by atoms with Gasteiger partial charge in [-0.05, 0) is 49.2 Å². The molecule has 3 heteroatoms. The first-order valence-electron chi connectivity index (χ1n) is 8.06. The van der Waals surface area contributed by atoms with Gasteiger partial charge in [0, 0.05) is 16.6 Å². The molecule has 1 saturated carbocycles. The van der Waals surface area contributed by atoms with E-state index in [0.717, 1.165) is 21.9 Å². The Morgan fingerprint density at radius 1 is 0.909 bits per heavy atom. The number of para-hydroxylation sites is 2. The van der Waals surface area contributed by atoms with Crippen LogP contribution in [-0.4, -0.2) is 9.55 Å². The molecular weight excluding hydrogens is 292 g/mol. The molecule has 22 heavy (non-hydrogen) atoms. The molecule has 1 heterocycles. The highest BCUT2D eigenvalue weighted by Gasteiger charge is 2.21. The van der Waals surface area contributed by atoms with Crippen molar-refractivity contribution in [2.24, 2.45) is 0 Å². The summed E-state index contributed by atoms with van der Waals surface area (Å²) in [4.78, 5) is 4.91. The Morgan fingerprint density at radius 2 is 1.64 bits per heavy atom. The first-order valence-corrected chi connectivity index (χ1v) is 8.43. The van der Waals surface area contributed by atoms with Gasteiger partial charge in [0.25, 0.3) is 0 Å². The van der Waals surface area contributed by atoms with Gasteiger partial charge in [0.2, 0.25) is 0 Å². The number of hydrogen-bond acceptors (Lipinski definition) is 1. The lowest BCUT2D eigenvalue weighted by molar-refractivity contribution is 0.362. The van der Waals surface area contributed by atoms with E-state index >= 15 is 0 Å². The van der Waals surface area contributed by atoms with Gasteiger partial charge in [-0.25, -0.2) is 4.98 Å². The molecule has 0 atom stereocenters. The van der Waals surface area contributed by atoms with Gasteiger partial charge in [0.05, 0.1) is 11.0 Å². The summed E-state index contributed by atoms with van der Waals surface area (Å²) in [5.74, 6) is 1.07. The minimum Gasteiger partial charge on any atom is -0.321 e. The molecule has 0 radical (unpaired) electrons. The van der Waals surface area contributed by atoms with Gasteiger partial charge >= 0.3 is 0 Å². The van der Waals surface area contributed by atoms with Crippen molar-refractivity contribution in [2.75, 3.05) is 0 Å². The van der Waals surface area contributed by atoms with Crippen LogP contribution in [0, 0.1) is 0 Å². The topological polar surface area (TPSA) is 17.8 Å². The Labute approximate surface area is 135 Å². The zero-order valence-electron chi connectivity index (χ0n) is 12.5. The summed E-state index contributed by atoms with van der Waals surface area (Å²) in [6, 6.07) is 17.1. The maximum atomic E-state index is 6.04. The quantitative estimate of drug-likeness (QED) is 0.579. The normalized spacial score (nSPS) is 16.2. The van der Waals surface area contributed by atoms with Crippen molar-refractivity contribution in [3.8, 4) is 11.4 Å². The van der Waals surface area contributed by atoms with E-state index < -0.39 is 0 Å². The van der Waals surface area contributed by atoms with Gasteiger partial charge in [-0.1, -0.05) is 43.0 Å². The number of rotatable bonds is 2. The van der Waals surface area contributed by atoms with Crippen LogP contribution < -0.4 is 0 Å². The van der Waals surface area contributed by atoms with E-state index in [0.29, 0.717) is 6.04 Å². The number of aromatic nitrogens is 2. The van der Waals surface area contributed by atoms with Crippen LogP contribution in [0.5, 0.6) is 0 Å². The lowest BCUT2D eigenvalue weighted by atomic mass is 9.95. The average molecular weight is 311 g/mol. The first kappa shape index (κ1) is 13.8. The van der Waals surface area contributed by atoms with E-state index in [2.05, 4.69) is 41.0 Å². The summed E-state index contributed by atoms with van der Waals surface area (Å²) in [6.07, 6.45) is 6.50. The SMILES string of the molecule is Clc1ccc(-c2nc3ccccc3n2C2CCCCC2)cc1. The molecule has 0 aliphatic heterocycles. The fourth-order valence-electron chi connectivity index (χ4n) is 3.56. The maximum absolute atomic E-state index is 6.04. The van der Waals surface area contributed by atoms with E-state index in [1.165, 1.54) is 37.6 Å². The fourth-order valence-corrected chi connectivity index (χ4v) is 3.68. The number of benzene rings is 2. The molecule has 0 spiro atoms. The van der Waals surface area contributed by atoms with Gasteiger partial charge in [-0.2, -0.15) is 0 Å². The molecule has 2 aromatic carbocycles. The molecule has 1 aliphatic carbocycles. The van der Waals surface area contributed by atoms with Crippen molar-refractivity contribution in [2.45, 2.75) is 38.1 Å². The van der Waals surface area contributed by atoms with Crippen LogP contribution in [-0.2, 0) is 0 Å². The Hall–Kier alpha value is -1.80. The minimum absolute atomic E-state index is 0.562. The van der Waals surface area contributed by atoms with Crippen molar-refractivity contribution in [1.82, 2.24) is 9.55 Å². The third-order valence-corrected chi connectivity index (χ3v) is 4.89.